The highest BCUT2D eigenvalue weighted by Crippen LogP contribution is 2.26. The number of benzene rings is 1. The highest BCUT2D eigenvalue weighted by molar-refractivity contribution is 5.71. The van der Waals surface area contributed by atoms with Gasteiger partial charge in [-0.05, 0) is 13.0 Å². The monoisotopic (exact) mass is 256 g/mol. The van der Waals surface area contributed by atoms with Gasteiger partial charge in [0.1, 0.15) is 5.69 Å². The number of hydrogen-bond donors (Lipinski definition) is 2. The van der Waals surface area contributed by atoms with Gasteiger partial charge >= 0.3 is 5.69 Å². The van der Waals surface area contributed by atoms with Crippen LogP contribution < -0.4 is 11.4 Å². The summed E-state index contributed by atoms with van der Waals surface area (Å²) in [6.45, 7) is 1.85. The summed E-state index contributed by atoms with van der Waals surface area (Å²) in [6.07, 6.45) is 1.66. The van der Waals surface area contributed by atoms with Crippen molar-refractivity contribution in [1.82, 2.24) is 14.7 Å². The molecule has 0 amide bonds. The van der Waals surface area contributed by atoms with E-state index >= 15 is 0 Å². The summed E-state index contributed by atoms with van der Waals surface area (Å²) in [6, 6.07) is 9.08. The van der Waals surface area contributed by atoms with Crippen molar-refractivity contribution in [3.8, 4) is 16.9 Å². The number of nitrogens with zero attached hydrogens (tertiary/aromatic N) is 2. The molecule has 0 unspecified atom stereocenters. The van der Waals surface area contributed by atoms with E-state index in [0.717, 1.165) is 16.9 Å². The van der Waals surface area contributed by atoms with Gasteiger partial charge < -0.3 is 15.2 Å². The molecular formula is C13H12N4O2. The van der Waals surface area contributed by atoms with Crippen LogP contribution in [0.25, 0.3) is 16.9 Å². The lowest BCUT2D eigenvalue weighted by Gasteiger charge is -2.08. The third kappa shape index (κ3) is 1.83. The fourth-order valence-corrected chi connectivity index (χ4v) is 2.06. The van der Waals surface area contributed by atoms with E-state index in [-0.39, 0.29) is 11.6 Å². The normalized spacial score (nSPS) is 10.8. The Hall–Kier alpha value is -2.76. The molecule has 0 saturated carbocycles. The molecule has 0 atom stereocenters. The lowest BCUT2D eigenvalue weighted by Crippen LogP contribution is -2.16. The Kier molecular flexibility index (Phi) is 2.49. The van der Waals surface area contributed by atoms with Gasteiger partial charge in [0, 0.05) is 23.5 Å². The zero-order valence-corrected chi connectivity index (χ0v) is 10.3. The third-order valence-corrected chi connectivity index (χ3v) is 2.91. The van der Waals surface area contributed by atoms with Crippen LogP contribution in [0, 0.1) is 6.92 Å². The van der Waals surface area contributed by atoms with Gasteiger partial charge in [0.15, 0.2) is 0 Å². The Labute approximate surface area is 108 Å². The molecule has 0 aliphatic heterocycles. The standard InChI is InChI=1S/C13H12N4O2/c1-8-7-15-13(18)17(8)11-5-3-2-4-9(11)10-6-12(14)19-16-10/h2-7H,14H2,1H3,(H,15,18). The number of aryl methyl sites for hydroxylation is 1. The molecule has 0 aliphatic rings. The van der Waals surface area contributed by atoms with Gasteiger partial charge in [0.2, 0.25) is 5.88 Å². The lowest BCUT2D eigenvalue weighted by molar-refractivity contribution is 0.439. The molecule has 19 heavy (non-hydrogen) atoms. The van der Waals surface area contributed by atoms with Crippen molar-refractivity contribution >= 4 is 5.88 Å². The molecule has 2 heterocycles. The largest absolute Gasteiger partial charge is 0.368 e. The summed E-state index contributed by atoms with van der Waals surface area (Å²) >= 11 is 0. The average molecular weight is 256 g/mol. The maximum absolute atomic E-state index is 11.9. The molecule has 3 rings (SSSR count). The fourth-order valence-electron chi connectivity index (χ4n) is 2.06. The van der Waals surface area contributed by atoms with Crippen LogP contribution in [0.15, 0.2) is 45.8 Å². The second kappa shape index (κ2) is 4.16. The number of rotatable bonds is 2. The smallest absolute Gasteiger partial charge is 0.330 e. The SMILES string of the molecule is Cc1c[nH]c(=O)n1-c1ccccc1-c1cc(N)on1. The van der Waals surface area contributed by atoms with Crippen molar-refractivity contribution in [2.45, 2.75) is 6.92 Å². The molecule has 0 bridgehead atoms. The maximum Gasteiger partial charge on any atom is 0.330 e. The minimum Gasteiger partial charge on any atom is -0.368 e. The predicted octanol–water partition coefficient (Wildman–Crippen LogP) is 1.71. The number of aromatic amines is 1. The van der Waals surface area contributed by atoms with E-state index in [4.69, 9.17) is 10.3 Å². The third-order valence-electron chi connectivity index (χ3n) is 2.91. The van der Waals surface area contributed by atoms with Gasteiger partial charge in [-0.25, -0.2) is 4.79 Å². The Balaban J connectivity index is 2.26. The molecule has 1 aromatic carbocycles. The zero-order valence-electron chi connectivity index (χ0n) is 10.3. The van der Waals surface area contributed by atoms with Gasteiger partial charge in [0.25, 0.3) is 0 Å². The first kappa shape index (κ1) is 11.3. The molecule has 96 valence electrons. The number of aromatic nitrogens is 3. The van der Waals surface area contributed by atoms with E-state index in [9.17, 15) is 4.79 Å². The number of anilines is 1. The average Bonchev–Trinajstić information content (AvgIpc) is 2.96. The topological polar surface area (TPSA) is 89.8 Å². The van der Waals surface area contributed by atoms with E-state index < -0.39 is 0 Å². The van der Waals surface area contributed by atoms with Gasteiger partial charge in [-0.3, -0.25) is 4.57 Å². The number of hydrogen-bond acceptors (Lipinski definition) is 4. The van der Waals surface area contributed by atoms with Gasteiger partial charge in [-0.2, -0.15) is 0 Å². The van der Waals surface area contributed by atoms with Gasteiger partial charge in [0.05, 0.1) is 5.69 Å². The van der Waals surface area contributed by atoms with Crippen LogP contribution in [0.5, 0.6) is 0 Å². The summed E-state index contributed by atoms with van der Waals surface area (Å²) in [7, 11) is 0. The molecule has 0 saturated heterocycles. The van der Waals surface area contributed by atoms with Crippen LogP contribution in [0.3, 0.4) is 0 Å². The van der Waals surface area contributed by atoms with Crippen molar-refractivity contribution in [3.63, 3.8) is 0 Å². The summed E-state index contributed by atoms with van der Waals surface area (Å²) in [4.78, 5) is 14.5. The first-order chi connectivity index (χ1) is 9.16. The highest BCUT2D eigenvalue weighted by atomic mass is 16.5. The Morgan fingerprint density at radius 2 is 2.16 bits per heavy atom. The molecule has 0 fully saturated rings. The van der Waals surface area contributed by atoms with Gasteiger partial charge in [-0.15, -0.1) is 0 Å². The summed E-state index contributed by atoms with van der Waals surface area (Å²) in [5, 5.41) is 3.89. The molecule has 2 aromatic heterocycles. The summed E-state index contributed by atoms with van der Waals surface area (Å²) in [5.74, 6) is 0.239. The molecule has 6 heteroatoms. The van der Waals surface area contributed by atoms with Crippen molar-refractivity contribution in [3.05, 3.63) is 52.7 Å². The fraction of sp³-hybridized carbons (Fsp3) is 0.0769. The first-order valence-corrected chi connectivity index (χ1v) is 5.76. The molecule has 0 spiro atoms. The number of nitrogens with two attached hydrogens (primary N) is 1. The molecule has 0 radical (unpaired) electrons. The molecule has 0 aliphatic carbocycles. The van der Waals surface area contributed by atoms with E-state index in [2.05, 4.69) is 10.1 Å². The summed E-state index contributed by atoms with van der Waals surface area (Å²) in [5.41, 5.74) is 8.28. The number of imidazole rings is 1. The molecule has 6 nitrogen and oxygen atoms in total. The molecule has 3 aromatic rings. The number of nitrogen functional groups attached to an aromatic ring is 1. The first-order valence-electron chi connectivity index (χ1n) is 5.76. The van der Waals surface area contributed by atoms with Gasteiger partial charge in [-0.1, -0.05) is 23.4 Å². The minimum absolute atomic E-state index is 0.193. The minimum atomic E-state index is -0.193. The van der Waals surface area contributed by atoms with Crippen LogP contribution in [0.4, 0.5) is 5.88 Å². The van der Waals surface area contributed by atoms with E-state index in [1.807, 2.05) is 31.2 Å². The Bertz CT molecular complexity index is 782. The maximum atomic E-state index is 11.9. The van der Waals surface area contributed by atoms with Crippen molar-refractivity contribution in [2.24, 2.45) is 0 Å². The van der Waals surface area contributed by atoms with Crippen molar-refractivity contribution < 1.29 is 4.52 Å². The second-order valence-electron chi connectivity index (χ2n) is 4.20. The van der Waals surface area contributed by atoms with Crippen LogP contribution in [0.1, 0.15) is 5.69 Å². The molecular weight excluding hydrogens is 244 g/mol. The number of H-pyrrole nitrogens is 1. The highest BCUT2D eigenvalue weighted by Gasteiger charge is 2.13. The van der Waals surface area contributed by atoms with Crippen LogP contribution >= 0.6 is 0 Å². The Morgan fingerprint density at radius 1 is 1.37 bits per heavy atom. The molecule has 3 N–H and O–H groups in total. The lowest BCUT2D eigenvalue weighted by atomic mass is 10.1. The quantitative estimate of drug-likeness (QED) is 0.730. The second-order valence-corrected chi connectivity index (χ2v) is 4.20. The van der Waals surface area contributed by atoms with Crippen LogP contribution in [0.2, 0.25) is 0 Å². The van der Waals surface area contributed by atoms with Crippen LogP contribution in [-0.2, 0) is 0 Å². The predicted molar refractivity (Wildman–Crippen MR) is 71.0 cm³/mol. The Morgan fingerprint density at radius 3 is 2.79 bits per heavy atom. The number of para-hydroxylation sites is 1. The van der Waals surface area contributed by atoms with E-state index in [1.54, 1.807) is 16.8 Å². The summed E-state index contributed by atoms with van der Waals surface area (Å²) < 4.78 is 6.47. The van der Waals surface area contributed by atoms with E-state index in [0.29, 0.717) is 5.69 Å². The van der Waals surface area contributed by atoms with Crippen molar-refractivity contribution in [1.29, 1.82) is 0 Å². The van der Waals surface area contributed by atoms with Crippen molar-refractivity contribution in [2.75, 3.05) is 5.73 Å². The zero-order chi connectivity index (χ0) is 13.4. The van der Waals surface area contributed by atoms with E-state index in [1.165, 1.54) is 0 Å². The van der Waals surface area contributed by atoms with Crippen LogP contribution in [-0.4, -0.2) is 14.7 Å². The number of nitrogens with one attached hydrogen (secondary N) is 1.